The Balaban J connectivity index is 1.11. The molecule has 0 aliphatic carbocycles. The SMILES string of the molecule is C1=C(c2ccccc2)N=C(c2ccccc2)[NH2+]C1c1ccc2c3ccc4c(c5ccccc5n4-c4ccccc4)c3n(-c3ccc4c(c3)c3ccccc3n4-c3ccccc3)c2c1. The Morgan fingerprint density at radius 1 is 0.365 bits per heavy atom. The average Bonchev–Trinajstić information content (AvgIpc) is 4.00. The molecule has 0 radical (unpaired) electrons. The second kappa shape index (κ2) is 14.2. The fourth-order valence-electron chi connectivity index (χ4n) is 10.2. The fraction of sp³-hybridized carbons (Fsp3) is 0.0172. The fourth-order valence-corrected chi connectivity index (χ4v) is 10.2. The third kappa shape index (κ3) is 5.57. The molecule has 0 saturated heterocycles. The van der Waals surface area contributed by atoms with Gasteiger partial charge in [0.05, 0.1) is 44.4 Å². The van der Waals surface area contributed by atoms with Crippen LogP contribution in [0.1, 0.15) is 22.7 Å². The third-order valence-corrected chi connectivity index (χ3v) is 13.0. The van der Waals surface area contributed by atoms with Gasteiger partial charge < -0.3 is 13.7 Å². The number of hydrogen-bond acceptors (Lipinski definition) is 1. The molecule has 0 amide bonds. The Hall–Kier alpha value is -8.25. The normalized spacial score (nSPS) is 14.3. The predicted molar refractivity (Wildman–Crippen MR) is 262 cm³/mol. The molecule has 1 unspecified atom stereocenters. The minimum absolute atomic E-state index is 0.00452. The number of nitrogens with zero attached hydrogens (tertiary/aromatic N) is 4. The van der Waals surface area contributed by atoms with Crippen LogP contribution in [0.5, 0.6) is 0 Å². The van der Waals surface area contributed by atoms with E-state index in [-0.39, 0.29) is 6.04 Å². The van der Waals surface area contributed by atoms with Gasteiger partial charge in [0.15, 0.2) is 0 Å². The van der Waals surface area contributed by atoms with Crippen LogP contribution < -0.4 is 5.32 Å². The summed E-state index contributed by atoms with van der Waals surface area (Å²) in [7, 11) is 0. The zero-order valence-corrected chi connectivity index (χ0v) is 34.3. The number of para-hydroxylation sites is 4. The molecule has 13 rings (SSSR count). The van der Waals surface area contributed by atoms with Crippen molar-refractivity contribution in [2.45, 2.75) is 6.04 Å². The van der Waals surface area contributed by atoms with Crippen LogP contribution in [0.15, 0.2) is 229 Å². The number of rotatable bonds is 6. The first-order valence-corrected chi connectivity index (χ1v) is 21.7. The van der Waals surface area contributed by atoms with Crippen LogP contribution in [0, 0.1) is 0 Å². The Labute approximate surface area is 363 Å². The van der Waals surface area contributed by atoms with Crippen molar-refractivity contribution < 1.29 is 5.32 Å². The maximum absolute atomic E-state index is 5.24. The summed E-state index contributed by atoms with van der Waals surface area (Å²) in [6.07, 6.45) is 2.33. The minimum Gasteiger partial charge on any atom is -0.309 e. The molecule has 0 bridgehead atoms. The molecule has 1 aliphatic heterocycles. The van der Waals surface area contributed by atoms with Crippen LogP contribution in [-0.4, -0.2) is 19.5 Å². The van der Waals surface area contributed by atoms with E-state index in [4.69, 9.17) is 4.99 Å². The number of amidine groups is 1. The zero-order valence-electron chi connectivity index (χ0n) is 34.3. The van der Waals surface area contributed by atoms with Gasteiger partial charge in [-0.2, -0.15) is 4.99 Å². The molecule has 1 aliphatic rings. The van der Waals surface area contributed by atoms with Crippen LogP contribution in [0.2, 0.25) is 0 Å². The van der Waals surface area contributed by atoms with Crippen molar-refractivity contribution in [1.82, 2.24) is 13.7 Å². The van der Waals surface area contributed by atoms with E-state index in [0.717, 1.165) is 39.7 Å². The number of quaternary nitrogens is 1. The van der Waals surface area contributed by atoms with Crippen LogP contribution >= 0.6 is 0 Å². The molecular formula is C58H40N5+. The number of fused-ring (bicyclic) bond motifs is 10. The Kier molecular flexibility index (Phi) is 7.98. The predicted octanol–water partition coefficient (Wildman–Crippen LogP) is 13.1. The summed E-state index contributed by atoms with van der Waals surface area (Å²) in [5.41, 5.74) is 15.0. The van der Waals surface area contributed by atoms with E-state index >= 15 is 0 Å². The molecule has 3 aromatic heterocycles. The summed E-state index contributed by atoms with van der Waals surface area (Å²) in [5.74, 6) is 0.985. The molecule has 4 heterocycles. The first-order valence-electron chi connectivity index (χ1n) is 21.7. The van der Waals surface area contributed by atoms with Gasteiger partial charge in [-0.1, -0.05) is 140 Å². The van der Waals surface area contributed by atoms with Crippen molar-refractivity contribution in [3.05, 3.63) is 241 Å². The monoisotopic (exact) mass is 806 g/mol. The highest BCUT2D eigenvalue weighted by Crippen LogP contribution is 2.44. The highest BCUT2D eigenvalue weighted by Gasteiger charge is 2.27. The van der Waals surface area contributed by atoms with Gasteiger partial charge >= 0.3 is 0 Å². The largest absolute Gasteiger partial charge is 0.309 e. The minimum atomic E-state index is -0.00452. The van der Waals surface area contributed by atoms with E-state index in [2.05, 4.69) is 243 Å². The van der Waals surface area contributed by atoms with Crippen LogP contribution in [-0.2, 0) is 0 Å². The summed E-state index contributed by atoms with van der Waals surface area (Å²) in [6, 6.07) is 79.1. The van der Waals surface area contributed by atoms with Gasteiger partial charge in [-0.3, -0.25) is 5.32 Å². The van der Waals surface area contributed by atoms with Crippen LogP contribution in [0.25, 0.3) is 88.2 Å². The first-order chi connectivity index (χ1) is 31.3. The first kappa shape index (κ1) is 35.5. The van der Waals surface area contributed by atoms with E-state index < -0.39 is 0 Å². The number of hydrogen-bond donors (Lipinski definition) is 1. The number of aliphatic imine (C=N–C) groups is 1. The highest BCUT2D eigenvalue weighted by molar-refractivity contribution is 6.26. The lowest BCUT2D eigenvalue weighted by molar-refractivity contribution is -0.575. The maximum atomic E-state index is 5.24. The van der Waals surface area contributed by atoms with E-state index in [1.165, 1.54) is 71.0 Å². The van der Waals surface area contributed by atoms with Gasteiger partial charge in [-0.05, 0) is 78.9 Å². The van der Waals surface area contributed by atoms with Gasteiger partial charge in [0.25, 0.3) is 0 Å². The summed E-state index contributed by atoms with van der Waals surface area (Å²) >= 11 is 0. The summed E-state index contributed by atoms with van der Waals surface area (Å²) in [4.78, 5) is 5.24. The molecule has 12 aromatic rings. The molecule has 1 atom stereocenters. The summed E-state index contributed by atoms with van der Waals surface area (Å²) in [5, 5.41) is 9.70. The molecular weight excluding hydrogens is 767 g/mol. The molecule has 0 saturated carbocycles. The van der Waals surface area contributed by atoms with Gasteiger partial charge in [0.2, 0.25) is 5.84 Å². The second-order valence-corrected chi connectivity index (χ2v) is 16.5. The van der Waals surface area contributed by atoms with Crippen molar-refractivity contribution in [1.29, 1.82) is 0 Å². The van der Waals surface area contributed by atoms with Gasteiger partial charge in [0, 0.05) is 66.6 Å². The highest BCUT2D eigenvalue weighted by atomic mass is 15.1. The number of nitrogens with two attached hydrogens (primary N) is 1. The molecule has 5 nitrogen and oxygen atoms in total. The van der Waals surface area contributed by atoms with E-state index in [9.17, 15) is 0 Å². The molecule has 63 heavy (non-hydrogen) atoms. The standard InChI is InChI=1S/C58H39N5/c1-5-17-38(18-6-1)49-37-50(60-58(59-49)39-19-7-2-8-20-39)40-29-31-45-46-32-34-54-56(47-26-14-16-28-52(47)62(54)42-23-11-4-12-24-42)57(46)63(55(45)35-40)43-30-33-53-48(36-43)44-25-13-15-27-51(44)61(53)41-21-9-3-10-22-41/h1-37,50H,(H,59,60)/p+1. The Morgan fingerprint density at radius 2 is 0.905 bits per heavy atom. The van der Waals surface area contributed by atoms with Crippen LogP contribution in [0.4, 0.5) is 0 Å². The van der Waals surface area contributed by atoms with Crippen molar-refractivity contribution in [3.63, 3.8) is 0 Å². The Morgan fingerprint density at radius 3 is 1.62 bits per heavy atom. The lowest BCUT2D eigenvalue weighted by Crippen LogP contribution is -2.89. The third-order valence-electron chi connectivity index (χ3n) is 13.0. The van der Waals surface area contributed by atoms with Crippen molar-refractivity contribution in [3.8, 4) is 17.1 Å². The van der Waals surface area contributed by atoms with Crippen LogP contribution in [0.3, 0.4) is 0 Å². The lowest BCUT2D eigenvalue weighted by atomic mass is 9.99. The van der Waals surface area contributed by atoms with Gasteiger partial charge in [-0.25, -0.2) is 0 Å². The van der Waals surface area contributed by atoms with E-state index in [1.807, 2.05) is 0 Å². The molecule has 0 spiro atoms. The zero-order chi connectivity index (χ0) is 41.4. The molecule has 9 aromatic carbocycles. The number of aromatic nitrogens is 3. The lowest BCUT2D eigenvalue weighted by Gasteiger charge is -2.20. The van der Waals surface area contributed by atoms with Crippen molar-refractivity contribution in [2.75, 3.05) is 0 Å². The summed E-state index contributed by atoms with van der Waals surface area (Å²) in [6.45, 7) is 0. The second-order valence-electron chi connectivity index (χ2n) is 16.5. The van der Waals surface area contributed by atoms with Gasteiger partial charge in [0.1, 0.15) is 6.04 Å². The number of benzene rings is 9. The van der Waals surface area contributed by atoms with E-state index in [1.54, 1.807) is 0 Å². The molecule has 296 valence electrons. The average molecular weight is 807 g/mol. The van der Waals surface area contributed by atoms with Crippen molar-refractivity contribution >= 4 is 77.0 Å². The van der Waals surface area contributed by atoms with Gasteiger partial charge in [-0.15, -0.1) is 0 Å². The summed E-state index contributed by atoms with van der Waals surface area (Å²) < 4.78 is 7.36. The molecule has 0 fully saturated rings. The molecule has 2 N–H and O–H groups in total. The topological polar surface area (TPSA) is 43.8 Å². The van der Waals surface area contributed by atoms with E-state index in [0.29, 0.717) is 0 Å². The Bertz CT molecular complexity index is 3800. The smallest absolute Gasteiger partial charge is 0.232 e. The maximum Gasteiger partial charge on any atom is 0.232 e. The quantitative estimate of drug-likeness (QED) is 0.174. The molecule has 5 heteroatoms. The van der Waals surface area contributed by atoms with Crippen molar-refractivity contribution in [2.24, 2.45) is 4.99 Å².